The number of aromatic nitrogens is 4. The first-order chi connectivity index (χ1) is 28.1. The summed E-state index contributed by atoms with van der Waals surface area (Å²) in [4.78, 5) is 14.7. The molecule has 0 aliphatic carbocycles. The number of nitrogens with zero attached hydrogens (tertiary/aromatic N) is 4. The Balaban J connectivity index is 0.000000218. The summed E-state index contributed by atoms with van der Waals surface area (Å²) < 4.78 is 40.8. The number of fused-ring (bicyclic) bond motifs is 4. The first-order valence-electron chi connectivity index (χ1n) is 21.5. The summed E-state index contributed by atoms with van der Waals surface area (Å²) in [6.07, 6.45) is 1.91. The molecule has 0 fully saturated rings. The second-order valence-corrected chi connectivity index (χ2v) is 27.2. The van der Waals surface area contributed by atoms with Gasteiger partial charge in [-0.05, 0) is 48.9 Å². The van der Waals surface area contributed by atoms with Crippen LogP contribution in [-0.4, -0.2) is 32.8 Å². The van der Waals surface area contributed by atoms with Gasteiger partial charge < -0.3 is 8.98 Å². The summed E-state index contributed by atoms with van der Waals surface area (Å²) in [6, 6.07) is 34.3. The van der Waals surface area contributed by atoms with Gasteiger partial charge in [-0.25, -0.2) is 0 Å². The summed E-state index contributed by atoms with van der Waals surface area (Å²) in [5, 5.41) is 2.18. The summed E-state index contributed by atoms with van der Waals surface area (Å²) in [6.45, 7) is 14.8. The molecule has 0 saturated carbocycles. The van der Waals surface area contributed by atoms with Crippen LogP contribution in [-0.2, 0) is 20.1 Å². The van der Waals surface area contributed by atoms with Gasteiger partial charge in [0, 0.05) is 36.9 Å². The fourth-order valence-corrected chi connectivity index (χ4v) is 11.0. The van der Waals surface area contributed by atoms with E-state index in [1.807, 2.05) is 51.2 Å². The van der Waals surface area contributed by atoms with E-state index < -0.39 is 26.0 Å². The zero-order chi connectivity index (χ0) is 43.5. The van der Waals surface area contributed by atoms with Gasteiger partial charge in [0.05, 0.1) is 28.1 Å². The van der Waals surface area contributed by atoms with Crippen LogP contribution in [0.1, 0.15) is 98.4 Å². The Morgan fingerprint density at radius 1 is 0.807 bits per heavy atom. The largest absolute Gasteiger partial charge is 0 e. The zero-order valence-corrected chi connectivity index (χ0v) is 39.3. The predicted octanol–water partition coefficient (Wildman–Crippen LogP) is 13.2. The van der Waals surface area contributed by atoms with Crippen molar-refractivity contribution < 1.29 is 30.0 Å². The standard InChI is InChI=1S/C32H30N3O.C18H24GeN.Ir/c1-18(2)22-12-9-13-23(19(3)4)30(22)35-29-21(6)33-20(5)17-27(29)34-32(35)26-15-10-14-25-24-11-7-8-16-28(24)36-31(25)26;1-13(2)16-11-18(15-9-7-14(3)8-10-15)20-12-17(16)19(4,5)6;/h7-14,16-19H,1-6H3;7-9,11-13H,1-6H3;/q2*-1;/i;3D3,13D;. The molecule has 5 nitrogen and oxygen atoms in total. The SMILES string of the molecule is Cc1cc2nc(-c3[c-]ccc4c3oc3ccccc34)n(-c3c(C(C)C)cccc3C(C)C)c2c(C)n1.[2H]C([2H])([2H])c1c[c-]c(-c2cc(C([2H])(C)C)[c]([Ge]([CH3])([CH3])[CH3])cn2)cc1.[Ir]. The molecule has 57 heavy (non-hydrogen) atoms. The number of rotatable bonds is 7. The normalized spacial score (nSPS) is 13.3. The van der Waals surface area contributed by atoms with Crippen LogP contribution in [0.5, 0.6) is 0 Å². The second kappa shape index (κ2) is 16.9. The van der Waals surface area contributed by atoms with Crippen molar-refractivity contribution in [3.8, 4) is 28.3 Å². The molecule has 4 aromatic carbocycles. The van der Waals surface area contributed by atoms with Crippen molar-refractivity contribution in [2.45, 2.75) is 97.2 Å². The van der Waals surface area contributed by atoms with Crippen molar-refractivity contribution in [1.82, 2.24) is 19.5 Å². The number of benzene rings is 4. The smallest absolute Gasteiger partial charge is 0 e. The van der Waals surface area contributed by atoms with Gasteiger partial charge in [-0.15, -0.1) is 18.2 Å². The maximum Gasteiger partial charge on any atom is 0 e. The van der Waals surface area contributed by atoms with E-state index in [9.17, 15) is 0 Å². The molecule has 0 amide bonds. The Labute approximate surface area is 360 Å². The molecule has 0 saturated heterocycles. The second-order valence-electron chi connectivity index (χ2n) is 16.6. The molecule has 1 radical (unpaired) electrons. The van der Waals surface area contributed by atoms with E-state index in [-0.39, 0.29) is 25.7 Å². The van der Waals surface area contributed by atoms with E-state index in [1.54, 1.807) is 12.1 Å². The fourth-order valence-electron chi connectivity index (χ4n) is 7.64. The van der Waals surface area contributed by atoms with Crippen LogP contribution in [0.25, 0.3) is 61.3 Å². The molecule has 7 heteroatoms. The molecule has 4 heterocycles. The summed E-state index contributed by atoms with van der Waals surface area (Å²) in [5.74, 6) is 7.70. The minimum absolute atomic E-state index is 0. The molecular formula is C50H54GeIrN4O-2. The Kier molecular flexibility index (Phi) is 10.9. The molecule has 0 atom stereocenters. The molecule has 8 rings (SSSR count). The number of hydrogen-bond donors (Lipinski definition) is 0. The van der Waals surface area contributed by atoms with Gasteiger partial charge in [-0.2, -0.15) is 0 Å². The molecule has 295 valence electrons. The minimum atomic E-state index is -2.14. The van der Waals surface area contributed by atoms with Crippen molar-refractivity contribution in [3.05, 3.63) is 137 Å². The van der Waals surface area contributed by atoms with E-state index in [0.717, 1.165) is 72.6 Å². The third-order valence-corrected chi connectivity index (χ3v) is 14.6. The van der Waals surface area contributed by atoms with E-state index in [2.05, 4.69) is 116 Å². The number of para-hydroxylation sites is 2. The van der Waals surface area contributed by atoms with Crippen LogP contribution in [0.3, 0.4) is 0 Å². The first kappa shape index (κ1) is 36.9. The number of imidazole rings is 1. The molecule has 0 bridgehead atoms. The van der Waals surface area contributed by atoms with Gasteiger partial charge >= 0.3 is 131 Å². The van der Waals surface area contributed by atoms with Crippen LogP contribution in [0.2, 0.25) is 17.3 Å². The van der Waals surface area contributed by atoms with Crippen molar-refractivity contribution in [3.63, 3.8) is 0 Å². The van der Waals surface area contributed by atoms with Crippen molar-refractivity contribution in [2.24, 2.45) is 0 Å². The number of hydrogen-bond acceptors (Lipinski definition) is 4. The van der Waals surface area contributed by atoms with Gasteiger partial charge in [-0.1, -0.05) is 75.0 Å². The van der Waals surface area contributed by atoms with Gasteiger partial charge in [0.25, 0.3) is 0 Å². The topological polar surface area (TPSA) is 56.7 Å². The number of aryl methyl sites for hydroxylation is 3. The summed E-state index contributed by atoms with van der Waals surface area (Å²) >= 11 is -2.14. The van der Waals surface area contributed by atoms with Crippen LogP contribution < -0.4 is 4.40 Å². The maximum atomic E-state index is 8.49. The predicted molar refractivity (Wildman–Crippen MR) is 238 cm³/mol. The Morgan fingerprint density at radius 3 is 2.16 bits per heavy atom. The van der Waals surface area contributed by atoms with E-state index in [1.165, 1.54) is 27.3 Å². The van der Waals surface area contributed by atoms with E-state index in [0.29, 0.717) is 11.8 Å². The number of furan rings is 1. The molecule has 4 aromatic heterocycles. The fraction of sp³-hybridized carbons (Fsp3) is 0.300. The van der Waals surface area contributed by atoms with Crippen molar-refractivity contribution in [2.75, 3.05) is 0 Å². The first-order valence-corrected chi connectivity index (χ1v) is 26.8. The molecule has 0 aliphatic rings. The third kappa shape index (κ3) is 8.32. The number of pyridine rings is 2. The van der Waals surface area contributed by atoms with Crippen molar-refractivity contribution >= 4 is 50.6 Å². The van der Waals surface area contributed by atoms with E-state index in [4.69, 9.17) is 19.9 Å². The van der Waals surface area contributed by atoms with Crippen molar-refractivity contribution in [1.29, 1.82) is 0 Å². The van der Waals surface area contributed by atoms with Gasteiger partial charge in [0.2, 0.25) is 0 Å². The molecular weight excluding hydrogens is 937 g/mol. The van der Waals surface area contributed by atoms with E-state index >= 15 is 0 Å². The van der Waals surface area contributed by atoms with Crippen LogP contribution >= 0.6 is 0 Å². The van der Waals surface area contributed by atoms with Gasteiger partial charge in [0.1, 0.15) is 5.58 Å². The third-order valence-electron chi connectivity index (χ3n) is 10.4. The minimum Gasteiger partial charge on any atom is 0 e. The molecule has 0 unspecified atom stereocenters. The summed E-state index contributed by atoms with van der Waals surface area (Å²) in [7, 11) is 0. The average Bonchev–Trinajstić information content (AvgIpc) is 3.75. The molecule has 8 aromatic rings. The molecule has 0 N–H and O–H groups in total. The van der Waals surface area contributed by atoms with Gasteiger partial charge in [0.15, 0.2) is 0 Å². The van der Waals surface area contributed by atoms with Crippen LogP contribution in [0.15, 0.2) is 95.5 Å². The monoisotopic (exact) mass is 997 g/mol. The Bertz CT molecular complexity index is 2840. The van der Waals surface area contributed by atoms with Crippen LogP contribution in [0, 0.1) is 32.8 Å². The Morgan fingerprint density at radius 2 is 1.53 bits per heavy atom. The molecule has 0 aliphatic heterocycles. The summed E-state index contributed by atoms with van der Waals surface area (Å²) in [5.41, 5.74) is 13.0. The van der Waals surface area contributed by atoms with Crippen LogP contribution in [0.4, 0.5) is 0 Å². The molecule has 0 spiro atoms. The maximum absolute atomic E-state index is 8.49. The quantitative estimate of drug-likeness (QED) is 0.118. The van der Waals surface area contributed by atoms with Gasteiger partial charge in [-0.3, -0.25) is 9.97 Å². The Hall–Kier alpha value is -4.36. The zero-order valence-electron chi connectivity index (χ0n) is 38.8. The average molecular weight is 996 g/mol.